The summed E-state index contributed by atoms with van der Waals surface area (Å²) in [4.78, 5) is 15.4. The van der Waals surface area contributed by atoms with E-state index in [0.717, 1.165) is 12.8 Å². The Hall–Kier alpha value is -1.09. The highest BCUT2D eigenvalue weighted by molar-refractivity contribution is 6.32. The number of nitrogens with zero attached hydrogens (tertiary/aromatic N) is 1. The van der Waals surface area contributed by atoms with Crippen molar-refractivity contribution in [3.05, 3.63) is 29.0 Å². The van der Waals surface area contributed by atoms with Crippen LogP contribution in [0.15, 0.2) is 18.3 Å². The van der Waals surface area contributed by atoms with Crippen molar-refractivity contribution >= 4 is 17.6 Å². The minimum absolute atomic E-state index is 0.0845. The summed E-state index contributed by atoms with van der Waals surface area (Å²) in [5, 5.41) is 0.186. The van der Waals surface area contributed by atoms with Crippen LogP contribution in [-0.4, -0.2) is 17.1 Å². The fraction of sp³-hybridized carbons (Fsp3) is 0.455. The monoisotopic (exact) mass is 227 g/mol. The van der Waals surface area contributed by atoms with E-state index < -0.39 is 5.97 Å². The molecule has 0 aliphatic carbocycles. The SMILES string of the molecule is CCCC(C)OC(=O)c1cccnc1Cl. The Balaban J connectivity index is 2.65. The lowest BCUT2D eigenvalue weighted by molar-refractivity contribution is 0.0323. The Morgan fingerprint density at radius 3 is 3.00 bits per heavy atom. The number of carbonyl (C=O) groups excluding carboxylic acids is 1. The molecule has 1 rings (SSSR count). The maximum atomic E-state index is 11.6. The second-order valence-electron chi connectivity index (χ2n) is 3.35. The van der Waals surface area contributed by atoms with Crippen LogP contribution in [0.5, 0.6) is 0 Å². The zero-order chi connectivity index (χ0) is 11.3. The Morgan fingerprint density at radius 2 is 2.40 bits per heavy atom. The first-order chi connectivity index (χ1) is 7.15. The Labute approximate surface area is 94.4 Å². The summed E-state index contributed by atoms with van der Waals surface area (Å²) in [7, 11) is 0. The molecule has 0 aromatic carbocycles. The molecule has 1 heterocycles. The average molecular weight is 228 g/mol. The van der Waals surface area contributed by atoms with Crippen LogP contribution in [0, 0.1) is 0 Å². The first-order valence-electron chi connectivity index (χ1n) is 4.96. The molecule has 0 radical (unpaired) electrons. The fourth-order valence-corrected chi connectivity index (χ4v) is 1.45. The summed E-state index contributed by atoms with van der Waals surface area (Å²) < 4.78 is 5.19. The van der Waals surface area contributed by atoms with E-state index in [-0.39, 0.29) is 11.3 Å². The predicted molar refractivity (Wildman–Crippen MR) is 59.0 cm³/mol. The molecule has 4 heteroatoms. The van der Waals surface area contributed by atoms with Crippen molar-refractivity contribution in [1.29, 1.82) is 0 Å². The number of carbonyl (C=O) groups is 1. The third-order valence-electron chi connectivity index (χ3n) is 1.98. The van der Waals surface area contributed by atoms with Crippen LogP contribution in [0.2, 0.25) is 5.15 Å². The van der Waals surface area contributed by atoms with E-state index in [9.17, 15) is 4.79 Å². The highest BCUT2D eigenvalue weighted by atomic mass is 35.5. The lowest BCUT2D eigenvalue weighted by atomic mass is 10.2. The molecule has 1 unspecified atom stereocenters. The van der Waals surface area contributed by atoms with Gasteiger partial charge in [-0.05, 0) is 25.5 Å². The molecule has 0 amide bonds. The van der Waals surface area contributed by atoms with Gasteiger partial charge in [0.25, 0.3) is 0 Å². The van der Waals surface area contributed by atoms with Crippen molar-refractivity contribution < 1.29 is 9.53 Å². The van der Waals surface area contributed by atoms with Gasteiger partial charge in [0.05, 0.1) is 11.7 Å². The van der Waals surface area contributed by atoms with Crippen LogP contribution in [0.4, 0.5) is 0 Å². The Kier molecular flexibility index (Phi) is 4.56. The molecule has 0 N–H and O–H groups in total. The average Bonchev–Trinajstić information content (AvgIpc) is 2.18. The van der Waals surface area contributed by atoms with Crippen molar-refractivity contribution in [2.75, 3.05) is 0 Å². The maximum absolute atomic E-state index is 11.6. The highest BCUT2D eigenvalue weighted by Gasteiger charge is 2.14. The number of pyridine rings is 1. The summed E-state index contributed by atoms with van der Waals surface area (Å²) in [6.45, 7) is 3.91. The van der Waals surface area contributed by atoms with Crippen LogP contribution in [0.3, 0.4) is 0 Å². The zero-order valence-corrected chi connectivity index (χ0v) is 9.62. The topological polar surface area (TPSA) is 39.2 Å². The molecule has 3 nitrogen and oxygen atoms in total. The number of halogens is 1. The normalized spacial score (nSPS) is 12.2. The first kappa shape index (κ1) is 12.0. The number of esters is 1. The smallest absolute Gasteiger partial charge is 0.341 e. The molecular formula is C11H14ClNO2. The summed E-state index contributed by atoms with van der Waals surface area (Å²) in [5.41, 5.74) is 0.321. The number of ether oxygens (including phenoxy) is 1. The van der Waals surface area contributed by atoms with E-state index in [1.54, 1.807) is 12.1 Å². The van der Waals surface area contributed by atoms with Gasteiger partial charge >= 0.3 is 5.97 Å². The molecule has 0 bridgehead atoms. The Bertz CT molecular complexity index is 341. The molecule has 0 saturated carbocycles. The third-order valence-corrected chi connectivity index (χ3v) is 2.28. The fourth-order valence-electron chi connectivity index (χ4n) is 1.25. The summed E-state index contributed by atoms with van der Waals surface area (Å²) >= 11 is 5.77. The van der Waals surface area contributed by atoms with Crippen LogP contribution in [-0.2, 0) is 4.74 Å². The first-order valence-corrected chi connectivity index (χ1v) is 5.34. The minimum atomic E-state index is -0.408. The third kappa shape index (κ3) is 3.51. The Morgan fingerprint density at radius 1 is 1.67 bits per heavy atom. The van der Waals surface area contributed by atoms with E-state index in [2.05, 4.69) is 4.98 Å². The van der Waals surface area contributed by atoms with Gasteiger partial charge in [-0.25, -0.2) is 9.78 Å². The van der Waals surface area contributed by atoms with Gasteiger partial charge in [0.15, 0.2) is 0 Å². The van der Waals surface area contributed by atoms with E-state index in [1.807, 2.05) is 13.8 Å². The van der Waals surface area contributed by atoms with Crippen molar-refractivity contribution in [3.8, 4) is 0 Å². The van der Waals surface area contributed by atoms with E-state index >= 15 is 0 Å². The van der Waals surface area contributed by atoms with Crippen molar-refractivity contribution in [2.45, 2.75) is 32.8 Å². The summed E-state index contributed by atoms with van der Waals surface area (Å²) in [6, 6.07) is 3.27. The second kappa shape index (κ2) is 5.71. The van der Waals surface area contributed by atoms with Crippen LogP contribution < -0.4 is 0 Å². The van der Waals surface area contributed by atoms with Gasteiger partial charge in [-0.3, -0.25) is 0 Å². The molecule has 0 fully saturated rings. The quantitative estimate of drug-likeness (QED) is 0.586. The van der Waals surface area contributed by atoms with Crippen molar-refractivity contribution in [1.82, 2.24) is 4.98 Å². The molecule has 15 heavy (non-hydrogen) atoms. The maximum Gasteiger partial charge on any atom is 0.341 e. The van der Waals surface area contributed by atoms with Crippen LogP contribution >= 0.6 is 11.6 Å². The second-order valence-corrected chi connectivity index (χ2v) is 3.70. The number of hydrogen-bond donors (Lipinski definition) is 0. The molecule has 1 aromatic heterocycles. The van der Waals surface area contributed by atoms with Gasteiger partial charge in [-0.1, -0.05) is 24.9 Å². The van der Waals surface area contributed by atoms with Crippen molar-refractivity contribution in [2.24, 2.45) is 0 Å². The standard InChI is InChI=1S/C11H14ClNO2/c1-3-5-8(2)15-11(14)9-6-4-7-13-10(9)12/h4,6-8H,3,5H2,1-2H3. The molecule has 0 spiro atoms. The predicted octanol–water partition coefficient (Wildman–Crippen LogP) is 3.08. The van der Waals surface area contributed by atoms with E-state index in [1.165, 1.54) is 6.20 Å². The minimum Gasteiger partial charge on any atom is -0.459 e. The van der Waals surface area contributed by atoms with Gasteiger partial charge in [-0.2, -0.15) is 0 Å². The van der Waals surface area contributed by atoms with Gasteiger partial charge in [0, 0.05) is 6.20 Å². The van der Waals surface area contributed by atoms with Gasteiger partial charge in [0.1, 0.15) is 5.15 Å². The summed E-state index contributed by atoms with van der Waals surface area (Å²) in [6.07, 6.45) is 3.28. The molecule has 1 aromatic rings. The molecule has 82 valence electrons. The lowest BCUT2D eigenvalue weighted by Crippen LogP contribution is -2.15. The molecule has 0 aliphatic heterocycles. The molecule has 0 aliphatic rings. The van der Waals surface area contributed by atoms with E-state index in [4.69, 9.17) is 16.3 Å². The molecular weight excluding hydrogens is 214 g/mol. The number of hydrogen-bond acceptors (Lipinski definition) is 3. The largest absolute Gasteiger partial charge is 0.459 e. The van der Waals surface area contributed by atoms with Crippen LogP contribution in [0.25, 0.3) is 0 Å². The molecule has 1 atom stereocenters. The van der Waals surface area contributed by atoms with Gasteiger partial charge < -0.3 is 4.74 Å². The van der Waals surface area contributed by atoms with Gasteiger partial charge in [0.2, 0.25) is 0 Å². The van der Waals surface area contributed by atoms with Crippen LogP contribution in [0.1, 0.15) is 37.0 Å². The highest BCUT2D eigenvalue weighted by Crippen LogP contribution is 2.14. The van der Waals surface area contributed by atoms with Gasteiger partial charge in [-0.15, -0.1) is 0 Å². The van der Waals surface area contributed by atoms with Crippen molar-refractivity contribution in [3.63, 3.8) is 0 Å². The zero-order valence-electron chi connectivity index (χ0n) is 8.87. The van der Waals surface area contributed by atoms with E-state index in [0.29, 0.717) is 5.56 Å². The molecule has 0 saturated heterocycles. The summed E-state index contributed by atoms with van der Waals surface area (Å²) in [5.74, 6) is -0.408. The number of aromatic nitrogens is 1. The number of rotatable bonds is 4. The lowest BCUT2D eigenvalue weighted by Gasteiger charge is -2.12.